The normalized spacial score (nSPS) is 19.9. The summed E-state index contributed by atoms with van der Waals surface area (Å²) in [5.74, 6) is 2.28. The summed E-state index contributed by atoms with van der Waals surface area (Å²) in [6.07, 6.45) is 5.53. The first-order chi connectivity index (χ1) is 22.7. The highest BCUT2D eigenvalue weighted by Gasteiger charge is 2.31. The zero-order valence-corrected chi connectivity index (χ0v) is 27.3. The van der Waals surface area contributed by atoms with Gasteiger partial charge in [-0.15, -0.1) is 10.2 Å². The summed E-state index contributed by atoms with van der Waals surface area (Å²) in [5, 5.41) is 29.5. The standard InChI is InChI=1S/C36H42N8O3/c1-36(2,3)31-20-33(44(41-31)24-13-11-23(22-45)12-14-24)38-35(46)37-28-16-17-30(27-9-6-5-8-26(27)28)47-25-15-18-32-39-40-34(43(32)21-25)29-10-7-19-42(29)4/h5-6,8-9,11-15,18,20-21,28-30,45H,7,10,16-17,19,22H2,1-4H3,(H2,37,38,46)/t28-,29?,30+/m0/s1. The van der Waals surface area contributed by atoms with Crippen molar-refractivity contribution < 1.29 is 14.6 Å². The van der Waals surface area contributed by atoms with E-state index in [2.05, 4.69) is 70.1 Å². The maximum atomic E-state index is 13.5. The van der Waals surface area contributed by atoms with E-state index in [9.17, 15) is 9.90 Å². The summed E-state index contributed by atoms with van der Waals surface area (Å²) in [6, 6.07) is 21.3. The van der Waals surface area contributed by atoms with Crippen LogP contribution in [0.3, 0.4) is 0 Å². The van der Waals surface area contributed by atoms with Crippen LogP contribution in [0.1, 0.15) is 92.9 Å². The number of hydrogen-bond donors (Lipinski definition) is 3. The third kappa shape index (κ3) is 6.20. The number of carbonyl (C=O) groups is 1. The van der Waals surface area contributed by atoms with Gasteiger partial charge in [-0.05, 0) is 80.2 Å². The van der Waals surface area contributed by atoms with E-state index < -0.39 is 0 Å². The molecule has 7 rings (SSSR count). The van der Waals surface area contributed by atoms with Gasteiger partial charge in [0.15, 0.2) is 11.5 Å². The summed E-state index contributed by atoms with van der Waals surface area (Å²) < 4.78 is 10.4. The van der Waals surface area contributed by atoms with Gasteiger partial charge >= 0.3 is 6.03 Å². The molecule has 2 aliphatic rings. The summed E-state index contributed by atoms with van der Waals surface area (Å²) in [5.41, 5.74) is 5.16. The van der Waals surface area contributed by atoms with Gasteiger partial charge in [0, 0.05) is 11.5 Å². The van der Waals surface area contributed by atoms with Gasteiger partial charge in [0.1, 0.15) is 17.7 Å². The van der Waals surface area contributed by atoms with Gasteiger partial charge in [-0.2, -0.15) is 5.10 Å². The Bertz CT molecular complexity index is 1890. The molecule has 2 amide bonds. The Kier molecular flexibility index (Phi) is 8.19. The predicted molar refractivity (Wildman–Crippen MR) is 180 cm³/mol. The quantitative estimate of drug-likeness (QED) is 0.194. The number of carbonyl (C=O) groups excluding carboxylic acids is 1. The highest BCUT2D eigenvalue weighted by molar-refractivity contribution is 5.89. The molecule has 5 aromatic rings. The maximum absolute atomic E-state index is 13.5. The van der Waals surface area contributed by atoms with Crippen molar-refractivity contribution in [2.45, 2.75) is 76.7 Å². The van der Waals surface area contributed by atoms with Crippen LogP contribution in [-0.4, -0.2) is 54.0 Å². The van der Waals surface area contributed by atoms with Gasteiger partial charge in [-0.25, -0.2) is 9.48 Å². The molecule has 2 aromatic carbocycles. The minimum Gasteiger partial charge on any atom is -0.484 e. The van der Waals surface area contributed by atoms with E-state index in [-0.39, 0.29) is 36.2 Å². The second-order valence-electron chi connectivity index (χ2n) is 13.7. The topological polar surface area (TPSA) is 122 Å². The Morgan fingerprint density at radius 1 is 1.00 bits per heavy atom. The van der Waals surface area contributed by atoms with Crippen LogP contribution in [-0.2, 0) is 12.0 Å². The molecule has 1 saturated heterocycles. The number of pyridine rings is 1. The SMILES string of the molecule is CN1CCCC1c1nnc2ccc(O[C@@H]3CC[C@H](NC(=O)Nc4cc(C(C)(C)C)nn4-c4ccc(CO)cc4)c4ccccc43)cn12. The Labute approximate surface area is 274 Å². The van der Waals surface area contributed by atoms with E-state index in [1.807, 2.05) is 60.8 Å². The van der Waals surface area contributed by atoms with Crippen molar-refractivity contribution in [1.82, 2.24) is 34.6 Å². The number of benzene rings is 2. The van der Waals surface area contributed by atoms with Crippen LogP contribution in [0, 0.1) is 0 Å². The second-order valence-corrected chi connectivity index (χ2v) is 13.7. The molecule has 0 bridgehead atoms. The molecule has 1 unspecified atom stereocenters. The summed E-state index contributed by atoms with van der Waals surface area (Å²) in [4.78, 5) is 15.9. The zero-order valence-electron chi connectivity index (χ0n) is 27.3. The van der Waals surface area contributed by atoms with Crippen LogP contribution >= 0.6 is 0 Å². The fourth-order valence-corrected chi connectivity index (χ4v) is 6.70. The molecular formula is C36H42N8O3. The molecule has 3 N–H and O–H groups in total. The first kappa shape index (κ1) is 30.9. The number of amides is 2. The van der Waals surface area contributed by atoms with Gasteiger partial charge < -0.3 is 15.2 Å². The Balaban J connectivity index is 1.09. The number of fused-ring (bicyclic) bond motifs is 2. The Morgan fingerprint density at radius 3 is 2.51 bits per heavy atom. The van der Waals surface area contributed by atoms with Crippen LogP contribution in [0.5, 0.6) is 5.75 Å². The van der Waals surface area contributed by atoms with Crippen molar-refractivity contribution in [2.75, 3.05) is 18.9 Å². The molecule has 0 saturated carbocycles. The monoisotopic (exact) mass is 634 g/mol. The fraction of sp³-hybridized carbons (Fsp3) is 0.389. The number of anilines is 1. The molecule has 1 fully saturated rings. The number of likely N-dealkylation sites (tertiary alicyclic amines) is 1. The van der Waals surface area contributed by atoms with E-state index in [1.54, 1.807) is 4.68 Å². The van der Waals surface area contributed by atoms with E-state index in [1.165, 1.54) is 0 Å². The molecule has 244 valence electrons. The number of nitrogens with one attached hydrogen (secondary N) is 2. The smallest absolute Gasteiger partial charge is 0.320 e. The lowest BCUT2D eigenvalue weighted by molar-refractivity contribution is 0.171. The van der Waals surface area contributed by atoms with Crippen molar-refractivity contribution in [1.29, 1.82) is 0 Å². The van der Waals surface area contributed by atoms with Gasteiger partial charge in [-0.3, -0.25) is 14.6 Å². The van der Waals surface area contributed by atoms with Crippen LogP contribution < -0.4 is 15.4 Å². The first-order valence-corrected chi connectivity index (χ1v) is 16.4. The number of nitrogens with zero attached hydrogens (tertiary/aromatic N) is 6. The molecule has 11 heteroatoms. The molecule has 0 spiro atoms. The highest BCUT2D eigenvalue weighted by atomic mass is 16.5. The third-order valence-corrected chi connectivity index (χ3v) is 9.32. The molecule has 1 aliphatic heterocycles. The Morgan fingerprint density at radius 2 is 1.79 bits per heavy atom. The van der Waals surface area contributed by atoms with Crippen LogP contribution in [0.15, 0.2) is 72.9 Å². The number of aliphatic hydroxyl groups is 1. The van der Waals surface area contributed by atoms with Crippen molar-refractivity contribution in [3.8, 4) is 11.4 Å². The van der Waals surface area contributed by atoms with Crippen LogP contribution in [0.2, 0.25) is 0 Å². The van der Waals surface area contributed by atoms with Gasteiger partial charge in [-0.1, -0.05) is 57.2 Å². The number of ether oxygens (including phenoxy) is 1. The lowest BCUT2D eigenvalue weighted by Crippen LogP contribution is -2.36. The molecule has 1 aliphatic carbocycles. The van der Waals surface area contributed by atoms with Crippen LogP contribution in [0.4, 0.5) is 10.6 Å². The fourth-order valence-electron chi connectivity index (χ4n) is 6.70. The first-order valence-electron chi connectivity index (χ1n) is 16.4. The third-order valence-electron chi connectivity index (χ3n) is 9.32. The molecule has 3 aromatic heterocycles. The summed E-state index contributed by atoms with van der Waals surface area (Å²) >= 11 is 0. The number of hydrogen-bond acceptors (Lipinski definition) is 7. The predicted octanol–water partition coefficient (Wildman–Crippen LogP) is 6.25. The van der Waals surface area contributed by atoms with E-state index >= 15 is 0 Å². The number of rotatable bonds is 7. The number of aromatic nitrogens is 5. The van der Waals surface area contributed by atoms with Crippen molar-refractivity contribution in [3.63, 3.8) is 0 Å². The summed E-state index contributed by atoms with van der Waals surface area (Å²) in [7, 11) is 2.14. The van der Waals surface area contributed by atoms with E-state index in [0.29, 0.717) is 5.82 Å². The largest absolute Gasteiger partial charge is 0.484 e. The van der Waals surface area contributed by atoms with E-state index in [0.717, 1.165) is 77.5 Å². The van der Waals surface area contributed by atoms with Crippen molar-refractivity contribution in [3.05, 3.63) is 101 Å². The second kappa shape index (κ2) is 12.5. The number of urea groups is 1. The average molecular weight is 635 g/mol. The zero-order chi connectivity index (χ0) is 32.7. The summed E-state index contributed by atoms with van der Waals surface area (Å²) in [6.45, 7) is 7.29. The lowest BCUT2D eigenvalue weighted by atomic mass is 9.85. The average Bonchev–Trinajstić information content (AvgIpc) is 3.80. The molecule has 4 heterocycles. The van der Waals surface area contributed by atoms with Crippen molar-refractivity contribution in [2.24, 2.45) is 0 Å². The highest BCUT2D eigenvalue weighted by Crippen LogP contribution is 2.39. The maximum Gasteiger partial charge on any atom is 0.320 e. The number of aliphatic hydroxyl groups excluding tert-OH is 1. The lowest BCUT2D eigenvalue weighted by Gasteiger charge is -2.32. The van der Waals surface area contributed by atoms with E-state index in [4.69, 9.17) is 9.84 Å². The Hall–Kier alpha value is -4.74. The molecule has 47 heavy (non-hydrogen) atoms. The van der Waals surface area contributed by atoms with Crippen molar-refractivity contribution >= 4 is 17.5 Å². The van der Waals surface area contributed by atoms with Gasteiger partial charge in [0.2, 0.25) is 0 Å². The molecule has 3 atom stereocenters. The minimum atomic E-state index is -0.305. The minimum absolute atomic E-state index is 0.0363. The molecule has 0 radical (unpaired) electrons. The van der Waals surface area contributed by atoms with Crippen LogP contribution in [0.25, 0.3) is 11.3 Å². The molecular weight excluding hydrogens is 592 g/mol. The van der Waals surface area contributed by atoms with Gasteiger partial charge in [0.05, 0.1) is 36.3 Å². The molecule has 11 nitrogen and oxygen atoms in total. The van der Waals surface area contributed by atoms with Gasteiger partial charge in [0.25, 0.3) is 0 Å².